The Hall–Kier alpha value is -0.820. The molecule has 2 heterocycles. The van der Waals surface area contributed by atoms with Gasteiger partial charge in [-0.3, -0.25) is 0 Å². The molecule has 118 valence electrons. The van der Waals surface area contributed by atoms with Gasteiger partial charge in [0.2, 0.25) is 0 Å². The van der Waals surface area contributed by atoms with Gasteiger partial charge in [0.1, 0.15) is 6.10 Å². The molecule has 0 radical (unpaired) electrons. The summed E-state index contributed by atoms with van der Waals surface area (Å²) in [6, 6.07) is 3.34. The molecule has 5 nitrogen and oxygen atoms in total. The summed E-state index contributed by atoms with van der Waals surface area (Å²) in [5, 5.41) is 15.6. The number of thiophene rings is 1. The summed E-state index contributed by atoms with van der Waals surface area (Å²) in [4.78, 5) is 12.6. The molecule has 2 rings (SSSR count). The first-order valence-corrected chi connectivity index (χ1v) is 8.26. The smallest absolute Gasteiger partial charge is 0.315 e. The van der Waals surface area contributed by atoms with Crippen LogP contribution in [0.25, 0.3) is 0 Å². The number of carbonyl (C=O) groups is 1. The van der Waals surface area contributed by atoms with Crippen molar-refractivity contribution in [3.05, 3.63) is 21.3 Å². The lowest BCUT2D eigenvalue weighted by molar-refractivity contribution is -0.0402. The van der Waals surface area contributed by atoms with Crippen molar-refractivity contribution in [2.75, 3.05) is 6.54 Å². The summed E-state index contributed by atoms with van der Waals surface area (Å²) in [7, 11) is 0. The topological polar surface area (TPSA) is 70.6 Å². The molecule has 1 fully saturated rings. The largest absolute Gasteiger partial charge is 0.386 e. The quantitative estimate of drug-likeness (QED) is 0.794. The van der Waals surface area contributed by atoms with Crippen molar-refractivity contribution < 1.29 is 14.6 Å². The van der Waals surface area contributed by atoms with E-state index in [0.717, 1.165) is 17.7 Å². The number of hydrogen-bond donors (Lipinski definition) is 3. The second-order valence-electron chi connectivity index (χ2n) is 5.44. The SMILES string of the molecule is CC1CC(NC(=O)NCC(O)c2ccc(Cl)s2)CC(C)O1. The van der Waals surface area contributed by atoms with Crippen LogP contribution >= 0.6 is 22.9 Å². The van der Waals surface area contributed by atoms with Gasteiger partial charge in [-0.25, -0.2) is 4.79 Å². The lowest BCUT2D eigenvalue weighted by atomic mass is 10.0. The van der Waals surface area contributed by atoms with Gasteiger partial charge in [0.15, 0.2) is 0 Å². The molecule has 1 aliphatic heterocycles. The maximum atomic E-state index is 11.9. The molecule has 0 spiro atoms. The van der Waals surface area contributed by atoms with E-state index in [9.17, 15) is 9.90 Å². The first-order chi connectivity index (χ1) is 9.94. The molecule has 21 heavy (non-hydrogen) atoms. The van der Waals surface area contributed by atoms with Gasteiger partial charge in [-0.05, 0) is 38.8 Å². The lowest BCUT2D eigenvalue weighted by Crippen LogP contribution is -2.48. The van der Waals surface area contributed by atoms with E-state index in [1.807, 2.05) is 13.8 Å². The summed E-state index contributed by atoms with van der Waals surface area (Å²) < 4.78 is 6.26. The molecule has 2 amide bonds. The Morgan fingerprint density at radius 3 is 2.71 bits per heavy atom. The number of hydrogen-bond acceptors (Lipinski definition) is 4. The number of aliphatic hydroxyl groups excluding tert-OH is 1. The fourth-order valence-electron chi connectivity index (χ4n) is 2.56. The van der Waals surface area contributed by atoms with Crippen LogP contribution in [0.1, 0.15) is 37.7 Å². The Morgan fingerprint density at radius 1 is 1.48 bits per heavy atom. The van der Waals surface area contributed by atoms with Crippen LogP contribution in [-0.2, 0) is 4.74 Å². The predicted molar refractivity (Wildman–Crippen MR) is 83.9 cm³/mol. The summed E-state index contributed by atoms with van der Waals surface area (Å²) in [6.45, 7) is 4.18. The van der Waals surface area contributed by atoms with E-state index in [2.05, 4.69) is 10.6 Å². The fraction of sp³-hybridized carbons (Fsp3) is 0.643. The fourth-order valence-corrected chi connectivity index (χ4v) is 3.60. The van der Waals surface area contributed by atoms with Crippen molar-refractivity contribution >= 4 is 29.0 Å². The van der Waals surface area contributed by atoms with Crippen molar-refractivity contribution in [2.24, 2.45) is 0 Å². The third-order valence-corrected chi connectivity index (χ3v) is 4.74. The van der Waals surface area contributed by atoms with E-state index in [1.54, 1.807) is 12.1 Å². The summed E-state index contributed by atoms with van der Waals surface area (Å²) in [5.41, 5.74) is 0. The number of nitrogens with one attached hydrogen (secondary N) is 2. The van der Waals surface area contributed by atoms with Crippen molar-refractivity contribution in [3.63, 3.8) is 0 Å². The zero-order valence-electron chi connectivity index (χ0n) is 12.1. The third kappa shape index (κ3) is 5.14. The van der Waals surface area contributed by atoms with E-state index < -0.39 is 6.10 Å². The van der Waals surface area contributed by atoms with Crippen molar-refractivity contribution in [3.8, 4) is 0 Å². The zero-order chi connectivity index (χ0) is 15.4. The van der Waals surface area contributed by atoms with Gasteiger partial charge in [0, 0.05) is 10.9 Å². The van der Waals surface area contributed by atoms with Crippen LogP contribution in [0.5, 0.6) is 0 Å². The molecule has 3 unspecified atom stereocenters. The number of halogens is 1. The average molecular weight is 333 g/mol. The highest BCUT2D eigenvalue weighted by molar-refractivity contribution is 7.16. The van der Waals surface area contributed by atoms with E-state index in [1.165, 1.54) is 11.3 Å². The number of amides is 2. The second-order valence-corrected chi connectivity index (χ2v) is 7.18. The molecule has 1 aromatic heterocycles. The van der Waals surface area contributed by atoms with Gasteiger partial charge < -0.3 is 20.5 Å². The van der Waals surface area contributed by atoms with E-state index in [4.69, 9.17) is 16.3 Å². The first-order valence-electron chi connectivity index (χ1n) is 7.07. The molecule has 3 N–H and O–H groups in total. The number of urea groups is 1. The second kappa shape index (κ2) is 7.45. The van der Waals surface area contributed by atoms with Crippen LogP contribution in [0.2, 0.25) is 4.34 Å². The van der Waals surface area contributed by atoms with Crippen LogP contribution < -0.4 is 10.6 Å². The van der Waals surface area contributed by atoms with Crippen molar-refractivity contribution in [2.45, 2.75) is 51.0 Å². The van der Waals surface area contributed by atoms with Crippen LogP contribution in [0.3, 0.4) is 0 Å². The summed E-state index contributed by atoms with van der Waals surface area (Å²) >= 11 is 7.13. The Bertz CT molecular complexity index is 473. The number of carbonyl (C=O) groups excluding carboxylic acids is 1. The predicted octanol–water partition coefficient (Wildman–Crippen LogP) is 2.69. The molecule has 3 atom stereocenters. The molecule has 1 aromatic rings. The zero-order valence-corrected chi connectivity index (χ0v) is 13.7. The van der Waals surface area contributed by atoms with Gasteiger partial charge in [-0.15, -0.1) is 11.3 Å². The van der Waals surface area contributed by atoms with Crippen LogP contribution in [0, 0.1) is 0 Å². The Balaban J connectivity index is 1.74. The van der Waals surface area contributed by atoms with Crippen LogP contribution in [0.4, 0.5) is 4.79 Å². The molecule has 0 aliphatic carbocycles. The monoisotopic (exact) mass is 332 g/mol. The third-order valence-electron chi connectivity index (χ3n) is 3.41. The van der Waals surface area contributed by atoms with E-state index >= 15 is 0 Å². The van der Waals surface area contributed by atoms with Gasteiger partial charge >= 0.3 is 6.03 Å². The maximum absolute atomic E-state index is 11.9. The van der Waals surface area contributed by atoms with Gasteiger partial charge in [0.05, 0.1) is 23.1 Å². The van der Waals surface area contributed by atoms with Gasteiger partial charge in [-0.2, -0.15) is 0 Å². The molecule has 0 saturated carbocycles. The molecular weight excluding hydrogens is 312 g/mol. The molecule has 0 aromatic carbocycles. The first kappa shape index (κ1) is 16.5. The molecule has 0 bridgehead atoms. The van der Waals surface area contributed by atoms with Crippen LogP contribution in [0.15, 0.2) is 12.1 Å². The molecule has 1 aliphatic rings. The molecular formula is C14H21ClN2O3S. The Labute approximate surface area is 133 Å². The maximum Gasteiger partial charge on any atom is 0.315 e. The molecule has 1 saturated heterocycles. The lowest BCUT2D eigenvalue weighted by Gasteiger charge is -2.32. The van der Waals surface area contributed by atoms with Gasteiger partial charge in [0.25, 0.3) is 0 Å². The molecule has 7 heteroatoms. The number of rotatable bonds is 4. The number of aliphatic hydroxyl groups is 1. The van der Waals surface area contributed by atoms with Crippen LogP contribution in [-0.4, -0.2) is 35.9 Å². The van der Waals surface area contributed by atoms with E-state index in [0.29, 0.717) is 4.34 Å². The minimum absolute atomic E-state index is 0.108. The minimum Gasteiger partial charge on any atom is -0.386 e. The highest BCUT2D eigenvalue weighted by atomic mass is 35.5. The Morgan fingerprint density at radius 2 is 2.14 bits per heavy atom. The highest BCUT2D eigenvalue weighted by Gasteiger charge is 2.25. The van der Waals surface area contributed by atoms with Crippen molar-refractivity contribution in [1.29, 1.82) is 0 Å². The summed E-state index contributed by atoms with van der Waals surface area (Å²) in [6.07, 6.45) is 1.18. The minimum atomic E-state index is -0.735. The standard InChI is InChI=1S/C14H21ClN2O3S/c1-8-5-10(6-9(2)20-8)17-14(19)16-7-11(18)12-3-4-13(15)21-12/h3-4,8-11,18H,5-7H2,1-2H3,(H2,16,17,19). The van der Waals surface area contributed by atoms with Gasteiger partial charge in [-0.1, -0.05) is 11.6 Å². The average Bonchev–Trinajstić information content (AvgIpc) is 2.81. The Kier molecular flexibility index (Phi) is 5.87. The normalized spacial score (nSPS) is 27.1. The summed E-state index contributed by atoms with van der Waals surface area (Å²) in [5.74, 6) is 0. The van der Waals surface area contributed by atoms with E-state index in [-0.39, 0.29) is 30.8 Å². The highest BCUT2D eigenvalue weighted by Crippen LogP contribution is 2.26. The van der Waals surface area contributed by atoms with Crippen molar-refractivity contribution in [1.82, 2.24) is 10.6 Å². The number of ether oxygens (including phenoxy) is 1.